The van der Waals surface area contributed by atoms with Crippen molar-refractivity contribution in [1.29, 1.82) is 0 Å². The molecule has 2 heterocycles. The zero-order valence-electron chi connectivity index (χ0n) is 27.2. The average Bonchev–Trinajstić information content (AvgIpc) is 3.63. The van der Waals surface area contributed by atoms with E-state index in [2.05, 4.69) is 141 Å². The van der Waals surface area contributed by atoms with Gasteiger partial charge in [0.25, 0.3) is 0 Å². The van der Waals surface area contributed by atoms with Crippen molar-refractivity contribution in [2.24, 2.45) is 0 Å². The summed E-state index contributed by atoms with van der Waals surface area (Å²) >= 11 is 0. The summed E-state index contributed by atoms with van der Waals surface area (Å²) in [6, 6.07) is 52.8. The van der Waals surface area contributed by atoms with Crippen molar-refractivity contribution < 1.29 is 9.15 Å². The molecule has 0 spiro atoms. The van der Waals surface area contributed by atoms with E-state index in [1.807, 2.05) is 18.2 Å². The Morgan fingerprint density at radius 2 is 1.08 bits per heavy atom. The zero-order valence-corrected chi connectivity index (χ0v) is 27.2. The Labute approximate surface area is 283 Å². The highest BCUT2D eigenvalue weighted by Gasteiger charge is 2.37. The third-order valence-electron chi connectivity index (χ3n) is 11.1. The monoisotopic (exact) mass is 626 g/mol. The molecule has 0 saturated carbocycles. The van der Waals surface area contributed by atoms with Crippen molar-refractivity contribution in [3.05, 3.63) is 157 Å². The van der Waals surface area contributed by atoms with Crippen molar-refractivity contribution in [3.63, 3.8) is 0 Å². The summed E-state index contributed by atoms with van der Waals surface area (Å²) in [4.78, 5) is 0. The molecule has 0 N–H and O–H groups in total. The van der Waals surface area contributed by atoms with Crippen LogP contribution in [0.25, 0.3) is 88.0 Å². The minimum absolute atomic E-state index is 0.146. The molecule has 0 saturated heterocycles. The van der Waals surface area contributed by atoms with E-state index < -0.39 is 0 Å². The largest absolute Gasteiger partial charge is 0.456 e. The summed E-state index contributed by atoms with van der Waals surface area (Å²) in [5, 5.41) is 7.25. The van der Waals surface area contributed by atoms with E-state index in [1.165, 1.54) is 71.6 Å². The second-order valence-corrected chi connectivity index (χ2v) is 14.0. The van der Waals surface area contributed by atoms with Crippen LogP contribution in [0.5, 0.6) is 11.5 Å². The molecule has 9 aromatic rings. The Morgan fingerprint density at radius 3 is 2.02 bits per heavy atom. The van der Waals surface area contributed by atoms with Crippen molar-refractivity contribution in [2.75, 3.05) is 0 Å². The van der Waals surface area contributed by atoms with Crippen molar-refractivity contribution in [3.8, 4) is 56.0 Å². The van der Waals surface area contributed by atoms with E-state index in [-0.39, 0.29) is 5.41 Å². The van der Waals surface area contributed by atoms with Crippen LogP contribution in [-0.2, 0) is 5.41 Å². The van der Waals surface area contributed by atoms with E-state index in [9.17, 15) is 0 Å². The normalized spacial score (nSPS) is 13.8. The highest BCUT2D eigenvalue weighted by molar-refractivity contribution is 6.12. The molecule has 1 aliphatic heterocycles. The van der Waals surface area contributed by atoms with Gasteiger partial charge in [0.15, 0.2) is 0 Å². The SMILES string of the molecule is CC1(C)c2cc(-c3ccc4c5c(cccc35)-c3ccccc3O4)ccc2-c2c1ccc1c(-c3ccc4c(c3)oc3ccccc34)cccc21. The first-order valence-electron chi connectivity index (χ1n) is 17.0. The fourth-order valence-corrected chi connectivity index (χ4v) is 8.74. The number of hydrogen-bond acceptors (Lipinski definition) is 2. The smallest absolute Gasteiger partial charge is 0.136 e. The topological polar surface area (TPSA) is 22.4 Å². The van der Waals surface area contributed by atoms with E-state index in [0.29, 0.717) is 0 Å². The molecule has 49 heavy (non-hydrogen) atoms. The van der Waals surface area contributed by atoms with Gasteiger partial charge in [0.05, 0.1) is 0 Å². The number of benzene rings is 8. The summed E-state index contributed by atoms with van der Waals surface area (Å²) < 4.78 is 12.7. The molecule has 0 atom stereocenters. The number of para-hydroxylation sites is 2. The first-order chi connectivity index (χ1) is 24.0. The van der Waals surface area contributed by atoms with Crippen LogP contribution in [0, 0.1) is 0 Å². The van der Waals surface area contributed by atoms with Crippen LogP contribution in [0.1, 0.15) is 25.0 Å². The second kappa shape index (κ2) is 9.49. The van der Waals surface area contributed by atoms with Gasteiger partial charge in [-0.1, -0.05) is 123 Å². The molecular formula is C47H30O2. The maximum Gasteiger partial charge on any atom is 0.136 e. The standard InChI is InChI=1S/C47H30O2/c1-47(2)39-23-21-31-29(28-17-19-34-32-9-3-5-15-41(32)49-44(34)26-28)11-7-13-36(31)45(39)38-20-18-27(25-40(38)47)30-22-24-43-46-35(30)12-8-14-37(46)33-10-4-6-16-42(33)48-43/h3-26H,1-2H3. The maximum atomic E-state index is 6.40. The number of rotatable bonds is 2. The molecule has 0 fully saturated rings. The Bertz CT molecular complexity index is 2880. The third-order valence-corrected chi connectivity index (χ3v) is 11.1. The van der Waals surface area contributed by atoms with E-state index in [0.717, 1.165) is 39.0 Å². The molecule has 8 aromatic carbocycles. The van der Waals surface area contributed by atoms with Gasteiger partial charge in [0, 0.05) is 27.1 Å². The summed E-state index contributed by atoms with van der Waals surface area (Å²) in [5.41, 5.74) is 14.3. The lowest BCUT2D eigenvalue weighted by Crippen LogP contribution is -2.15. The minimum Gasteiger partial charge on any atom is -0.456 e. The summed E-state index contributed by atoms with van der Waals surface area (Å²) in [6.45, 7) is 4.74. The highest BCUT2D eigenvalue weighted by Crippen LogP contribution is 2.54. The van der Waals surface area contributed by atoms with Crippen molar-refractivity contribution in [2.45, 2.75) is 19.3 Å². The molecule has 0 unspecified atom stereocenters. The number of furan rings is 1. The molecular weight excluding hydrogens is 597 g/mol. The zero-order chi connectivity index (χ0) is 32.4. The van der Waals surface area contributed by atoms with Gasteiger partial charge in [-0.3, -0.25) is 0 Å². The minimum atomic E-state index is -0.146. The van der Waals surface area contributed by atoms with E-state index in [4.69, 9.17) is 9.15 Å². The molecule has 2 heteroatoms. The van der Waals surface area contributed by atoms with Gasteiger partial charge in [0.1, 0.15) is 22.7 Å². The van der Waals surface area contributed by atoms with Crippen LogP contribution in [-0.4, -0.2) is 0 Å². The van der Waals surface area contributed by atoms with E-state index >= 15 is 0 Å². The van der Waals surface area contributed by atoms with Crippen LogP contribution in [0.15, 0.2) is 150 Å². The lowest BCUT2D eigenvalue weighted by Gasteiger charge is -2.24. The molecule has 0 amide bonds. The summed E-state index contributed by atoms with van der Waals surface area (Å²) in [6.07, 6.45) is 0. The number of hydrogen-bond donors (Lipinski definition) is 0. The predicted molar refractivity (Wildman–Crippen MR) is 203 cm³/mol. The van der Waals surface area contributed by atoms with Crippen LogP contribution >= 0.6 is 0 Å². The van der Waals surface area contributed by atoms with Crippen LogP contribution in [0.4, 0.5) is 0 Å². The summed E-state index contributed by atoms with van der Waals surface area (Å²) in [5.74, 6) is 1.83. The molecule has 1 aliphatic carbocycles. The number of ether oxygens (including phenoxy) is 1. The quantitative estimate of drug-likeness (QED) is 0.190. The van der Waals surface area contributed by atoms with Gasteiger partial charge in [-0.15, -0.1) is 0 Å². The molecule has 11 rings (SSSR count). The fraction of sp³-hybridized carbons (Fsp3) is 0.0638. The van der Waals surface area contributed by atoms with Gasteiger partial charge < -0.3 is 9.15 Å². The molecule has 1 aromatic heterocycles. The summed E-state index contributed by atoms with van der Waals surface area (Å²) in [7, 11) is 0. The highest BCUT2D eigenvalue weighted by atomic mass is 16.5. The maximum absolute atomic E-state index is 6.40. The second-order valence-electron chi connectivity index (χ2n) is 14.0. The van der Waals surface area contributed by atoms with Crippen molar-refractivity contribution >= 4 is 43.5 Å². The molecule has 0 radical (unpaired) electrons. The lowest BCUT2D eigenvalue weighted by molar-refractivity contribution is 0.487. The average molecular weight is 627 g/mol. The van der Waals surface area contributed by atoms with Gasteiger partial charge in [-0.25, -0.2) is 0 Å². The van der Waals surface area contributed by atoms with Crippen LogP contribution in [0.3, 0.4) is 0 Å². The molecule has 2 aliphatic rings. The Kier molecular flexibility index (Phi) is 5.21. The van der Waals surface area contributed by atoms with E-state index in [1.54, 1.807) is 0 Å². The van der Waals surface area contributed by atoms with Crippen LogP contribution < -0.4 is 4.74 Å². The number of fused-ring (bicyclic) bond motifs is 10. The van der Waals surface area contributed by atoms with Gasteiger partial charge in [0.2, 0.25) is 0 Å². The van der Waals surface area contributed by atoms with Crippen LogP contribution in [0.2, 0.25) is 0 Å². The van der Waals surface area contributed by atoms with Gasteiger partial charge in [-0.2, -0.15) is 0 Å². The van der Waals surface area contributed by atoms with Gasteiger partial charge >= 0.3 is 0 Å². The molecule has 230 valence electrons. The first-order valence-corrected chi connectivity index (χ1v) is 17.0. The Balaban J connectivity index is 1.07. The third kappa shape index (κ3) is 3.61. The Hall–Kier alpha value is -6.12. The predicted octanol–water partition coefficient (Wildman–Crippen LogP) is 13.3. The van der Waals surface area contributed by atoms with Gasteiger partial charge in [-0.05, 0) is 103 Å². The molecule has 2 nitrogen and oxygen atoms in total. The van der Waals surface area contributed by atoms with Crippen molar-refractivity contribution in [1.82, 2.24) is 0 Å². The Morgan fingerprint density at radius 1 is 0.408 bits per heavy atom. The molecule has 0 bridgehead atoms. The fourth-order valence-electron chi connectivity index (χ4n) is 8.74. The first kappa shape index (κ1) is 26.9. The lowest BCUT2D eigenvalue weighted by atomic mass is 9.80.